The van der Waals surface area contributed by atoms with E-state index < -0.39 is 6.09 Å². The summed E-state index contributed by atoms with van der Waals surface area (Å²) in [6, 6.07) is 2.27. The molecule has 1 aliphatic rings. The molecule has 1 atom stereocenters. The Labute approximate surface area is 127 Å². The zero-order valence-electron chi connectivity index (χ0n) is 12.1. The SMILES string of the molecule is CCc1cc2c(N3CCN(C(=O)O)CC3C)ncnc2s1. The normalized spacial score (nSPS) is 19.2. The molecule has 2 aromatic rings. The van der Waals surface area contributed by atoms with Crippen molar-refractivity contribution < 1.29 is 9.90 Å². The van der Waals surface area contributed by atoms with E-state index in [2.05, 4.69) is 27.9 Å². The van der Waals surface area contributed by atoms with Crippen LogP contribution in [0.15, 0.2) is 12.4 Å². The van der Waals surface area contributed by atoms with Crippen LogP contribution in [0.4, 0.5) is 10.6 Å². The number of thiophene rings is 1. The Morgan fingerprint density at radius 1 is 1.48 bits per heavy atom. The van der Waals surface area contributed by atoms with Crippen LogP contribution in [0.5, 0.6) is 0 Å². The van der Waals surface area contributed by atoms with Crippen LogP contribution in [0, 0.1) is 0 Å². The molecule has 1 amide bonds. The van der Waals surface area contributed by atoms with Crippen LogP contribution in [0.3, 0.4) is 0 Å². The third-order valence-corrected chi connectivity index (χ3v) is 5.07. The van der Waals surface area contributed by atoms with E-state index in [0.717, 1.165) is 22.5 Å². The fourth-order valence-electron chi connectivity index (χ4n) is 2.74. The molecule has 0 aromatic carbocycles. The molecule has 1 saturated heterocycles. The summed E-state index contributed by atoms with van der Waals surface area (Å²) in [4.78, 5) is 25.8. The molecule has 0 spiro atoms. The first-order valence-electron chi connectivity index (χ1n) is 7.08. The van der Waals surface area contributed by atoms with E-state index in [1.807, 2.05) is 6.92 Å². The Hall–Kier alpha value is -1.89. The van der Waals surface area contributed by atoms with Gasteiger partial charge in [-0.05, 0) is 19.4 Å². The summed E-state index contributed by atoms with van der Waals surface area (Å²) >= 11 is 1.70. The quantitative estimate of drug-likeness (QED) is 0.923. The van der Waals surface area contributed by atoms with Crippen LogP contribution in [-0.4, -0.2) is 51.7 Å². The zero-order valence-corrected chi connectivity index (χ0v) is 12.9. The van der Waals surface area contributed by atoms with Crippen molar-refractivity contribution in [3.05, 3.63) is 17.3 Å². The van der Waals surface area contributed by atoms with Gasteiger partial charge in [-0.15, -0.1) is 11.3 Å². The van der Waals surface area contributed by atoms with Gasteiger partial charge >= 0.3 is 6.09 Å². The third kappa shape index (κ3) is 2.53. The van der Waals surface area contributed by atoms with E-state index in [9.17, 15) is 4.79 Å². The number of rotatable bonds is 2. The summed E-state index contributed by atoms with van der Waals surface area (Å²) in [6.07, 6.45) is 1.74. The number of nitrogens with zero attached hydrogens (tertiary/aromatic N) is 4. The molecule has 0 radical (unpaired) electrons. The number of aromatic nitrogens is 2. The highest BCUT2D eigenvalue weighted by molar-refractivity contribution is 7.18. The maximum Gasteiger partial charge on any atom is 0.407 e. The Bertz CT molecular complexity index is 672. The molecule has 0 bridgehead atoms. The van der Waals surface area contributed by atoms with Gasteiger partial charge in [0.25, 0.3) is 0 Å². The lowest BCUT2D eigenvalue weighted by molar-refractivity contribution is 0.136. The molecule has 3 heterocycles. The number of aryl methyl sites for hydroxylation is 1. The zero-order chi connectivity index (χ0) is 15.0. The smallest absolute Gasteiger partial charge is 0.407 e. The van der Waals surface area contributed by atoms with Gasteiger partial charge < -0.3 is 14.9 Å². The van der Waals surface area contributed by atoms with Gasteiger partial charge in [-0.25, -0.2) is 14.8 Å². The highest BCUT2D eigenvalue weighted by Crippen LogP contribution is 2.32. The largest absolute Gasteiger partial charge is 0.465 e. The average Bonchev–Trinajstić information content (AvgIpc) is 2.90. The van der Waals surface area contributed by atoms with E-state index in [0.29, 0.717) is 19.6 Å². The van der Waals surface area contributed by atoms with Gasteiger partial charge in [-0.2, -0.15) is 0 Å². The van der Waals surface area contributed by atoms with Crippen LogP contribution >= 0.6 is 11.3 Å². The summed E-state index contributed by atoms with van der Waals surface area (Å²) in [6.45, 7) is 5.85. The van der Waals surface area contributed by atoms with Crippen molar-refractivity contribution in [2.45, 2.75) is 26.3 Å². The molecule has 3 rings (SSSR count). The first-order chi connectivity index (χ1) is 10.1. The molecule has 6 nitrogen and oxygen atoms in total. The monoisotopic (exact) mass is 306 g/mol. The van der Waals surface area contributed by atoms with Crippen LogP contribution < -0.4 is 4.90 Å². The first-order valence-corrected chi connectivity index (χ1v) is 7.89. The lowest BCUT2D eigenvalue weighted by Gasteiger charge is -2.39. The topological polar surface area (TPSA) is 69.6 Å². The summed E-state index contributed by atoms with van der Waals surface area (Å²) < 4.78 is 0. The van der Waals surface area contributed by atoms with E-state index in [1.165, 1.54) is 9.78 Å². The number of carboxylic acid groups (broad SMARTS) is 1. The van der Waals surface area contributed by atoms with Gasteiger partial charge in [0.05, 0.1) is 5.39 Å². The molecule has 7 heteroatoms. The van der Waals surface area contributed by atoms with Gasteiger partial charge in [0.2, 0.25) is 0 Å². The minimum absolute atomic E-state index is 0.109. The molecule has 112 valence electrons. The predicted octanol–water partition coefficient (Wildman–Crippen LogP) is 2.44. The van der Waals surface area contributed by atoms with Crippen LogP contribution in [-0.2, 0) is 6.42 Å². The van der Waals surface area contributed by atoms with Crippen LogP contribution in [0.25, 0.3) is 10.2 Å². The highest BCUT2D eigenvalue weighted by atomic mass is 32.1. The number of hydrogen-bond acceptors (Lipinski definition) is 5. The Balaban J connectivity index is 1.93. The molecule has 1 N–H and O–H groups in total. The molecule has 2 aromatic heterocycles. The minimum atomic E-state index is -0.849. The van der Waals surface area contributed by atoms with Crippen molar-refractivity contribution in [1.82, 2.24) is 14.9 Å². The average molecular weight is 306 g/mol. The molecule has 21 heavy (non-hydrogen) atoms. The molecular formula is C14H18N4O2S. The van der Waals surface area contributed by atoms with E-state index in [4.69, 9.17) is 5.11 Å². The molecular weight excluding hydrogens is 288 g/mol. The Kier molecular flexibility index (Phi) is 3.67. The molecule has 1 fully saturated rings. The van der Waals surface area contributed by atoms with E-state index in [-0.39, 0.29) is 6.04 Å². The second-order valence-corrected chi connectivity index (χ2v) is 6.37. The number of hydrogen-bond donors (Lipinski definition) is 1. The maximum atomic E-state index is 11.1. The predicted molar refractivity (Wildman–Crippen MR) is 83.2 cm³/mol. The Morgan fingerprint density at radius 3 is 2.95 bits per heavy atom. The minimum Gasteiger partial charge on any atom is -0.465 e. The second kappa shape index (κ2) is 5.48. The van der Waals surface area contributed by atoms with Gasteiger partial charge in [0.15, 0.2) is 0 Å². The van der Waals surface area contributed by atoms with Crippen molar-refractivity contribution in [2.75, 3.05) is 24.5 Å². The summed E-state index contributed by atoms with van der Waals surface area (Å²) in [5, 5.41) is 10.2. The number of fused-ring (bicyclic) bond motifs is 1. The van der Waals surface area contributed by atoms with Crippen LogP contribution in [0.2, 0.25) is 0 Å². The third-order valence-electron chi connectivity index (χ3n) is 3.88. The van der Waals surface area contributed by atoms with Crippen molar-refractivity contribution >= 4 is 33.5 Å². The molecule has 0 saturated carbocycles. The summed E-state index contributed by atoms with van der Waals surface area (Å²) in [7, 11) is 0. The fraction of sp³-hybridized carbons (Fsp3) is 0.500. The molecule has 1 aliphatic heterocycles. The van der Waals surface area contributed by atoms with Gasteiger partial charge in [0.1, 0.15) is 17.0 Å². The maximum absolute atomic E-state index is 11.1. The summed E-state index contributed by atoms with van der Waals surface area (Å²) in [5.74, 6) is 0.925. The number of amides is 1. The van der Waals surface area contributed by atoms with E-state index in [1.54, 1.807) is 17.7 Å². The van der Waals surface area contributed by atoms with Gasteiger partial charge in [-0.3, -0.25) is 0 Å². The first kappa shape index (κ1) is 14.1. The van der Waals surface area contributed by atoms with E-state index >= 15 is 0 Å². The van der Waals surface area contributed by atoms with Gasteiger partial charge in [0, 0.05) is 30.6 Å². The standard InChI is InChI=1S/C14H18N4O2S/c1-3-10-6-11-12(15-8-16-13(11)21-10)18-5-4-17(14(19)20)7-9(18)2/h6,8-9H,3-5,7H2,1-2H3,(H,19,20). The lowest BCUT2D eigenvalue weighted by atomic mass is 10.2. The molecule has 1 unspecified atom stereocenters. The second-order valence-electron chi connectivity index (χ2n) is 5.25. The number of anilines is 1. The van der Waals surface area contributed by atoms with Crippen molar-refractivity contribution in [1.29, 1.82) is 0 Å². The summed E-state index contributed by atoms with van der Waals surface area (Å²) in [5.41, 5.74) is 0. The van der Waals surface area contributed by atoms with Crippen molar-refractivity contribution in [3.63, 3.8) is 0 Å². The highest BCUT2D eigenvalue weighted by Gasteiger charge is 2.28. The number of piperazine rings is 1. The number of carbonyl (C=O) groups is 1. The lowest BCUT2D eigenvalue weighted by Crippen LogP contribution is -2.53. The van der Waals surface area contributed by atoms with Crippen LogP contribution in [0.1, 0.15) is 18.7 Å². The van der Waals surface area contributed by atoms with Gasteiger partial charge in [-0.1, -0.05) is 6.92 Å². The van der Waals surface area contributed by atoms with Crippen molar-refractivity contribution in [3.8, 4) is 0 Å². The fourth-order valence-corrected chi connectivity index (χ4v) is 3.67. The Morgan fingerprint density at radius 2 is 2.29 bits per heavy atom. The van der Waals surface area contributed by atoms with Crippen molar-refractivity contribution in [2.24, 2.45) is 0 Å². The molecule has 0 aliphatic carbocycles.